The van der Waals surface area contributed by atoms with Crippen molar-refractivity contribution in [3.8, 4) is 11.3 Å². The standard InChI is InChI=1S/C32H32N8O4/c41-28-7-8-29(42)40(28)24-2-1-11-38(19-24)18-21-9-10-33-27(16-21)32(43)36-23-5-3-22(4-6-23)26-17-25-30(37-26)34-20-35-31(25)39-12-14-44-15-13-39/h3-10,16-17,20,24H,1-2,11-15,18-19H2,(H,36,43)(H,34,35,37)/t24-/m1/s1. The van der Waals surface area contributed by atoms with Gasteiger partial charge in [0, 0.05) is 55.9 Å². The van der Waals surface area contributed by atoms with Gasteiger partial charge in [0.2, 0.25) is 0 Å². The number of rotatable bonds is 7. The first-order chi connectivity index (χ1) is 21.5. The number of aromatic amines is 1. The summed E-state index contributed by atoms with van der Waals surface area (Å²) in [5.74, 6) is 0.109. The van der Waals surface area contributed by atoms with Crippen LogP contribution in [-0.4, -0.2) is 92.9 Å². The first-order valence-electron chi connectivity index (χ1n) is 14.8. The van der Waals surface area contributed by atoms with E-state index in [1.807, 2.05) is 30.3 Å². The molecule has 3 aromatic heterocycles. The molecule has 7 rings (SSSR count). The molecule has 2 saturated heterocycles. The van der Waals surface area contributed by atoms with Gasteiger partial charge in [-0.1, -0.05) is 12.1 Å². The molecule has 0 radical (unpaired) electrons. The molecule has 3 aliphatic rings. The van der Waals surface area contributed by atoms with E-state index < -0.39 is 0 Å². The van der Waals surface area contributed by atoms with Crippen LogP contribution in [0.4, 0.5) is 11.5 Å². The minimum atomic E-state index is -0.300. The van der Waals surface area contributed by atoms with E-state index in [1.54, 1.807) is 18.6 Å². The number of amides is 3. The fourth-order valence-corrected chi connectivity index (χ4v) is 6.15. The van der Waals surface area contributed by atoms with Crippen molar-refractivity contribution in [3.05, 3.63) is 78.4 Å². The normalized spacial score (nSPS) is 19.2. The average Bonchev–Trinajstić information content (AvgIpc) is 3.64. The second kappa shape index (κ2) is 12.0. The Balaban J connectivity index is 0.999. The van der Waals surface area contributed by atoms with Crippen LogP contribution in [0, 0.1) is 0 Å². The van der Waals surface area contributed by atoms with Crippen molar-refractivity contribution in [1.29, 1.82) is 0 Å². The molecule has 1 aromatic carbocycles. The molecule has 0 bridgehead atoms. The number of morpholine rings is 1. The predicted octanol–water partition coefficient (Wildman–Crippen LogP) is 3.00. The maximum atomic E-state index is 13.1. The van der Waals surface area contributed by atoms with Crippen molar-refractivity contribution < 1.29 is 19.1 Å². The Hall–Kier alpha value is -4.94. The molecule has 6 heterocycles. The van der Waals surface area contributed by atoms with E-state index in [-0.39, 0.29) is 23.8 Å². The number of ether oxygens (including phenoxy) is 1. The van der Waals surface area contributed by atoms with Gasteiger partial charge in [-0.05, 0) is 60.8 Å². The highest BCUT2D eigenvalue weighted by Crippen LogP contribution is 2.30. The van der Waals surface area contributed by atoms with Gasteiger partial charge in [0.1, 0.15) is 23.5 Å². The molecule has 0 saturated carbocycles. The first kappa shape index (κ1) is 27.9. The van der Waals surface area contributed by atoms with Crippen LogP contribution in [0.25, 0.3) is 22.3 Å². The highest BCUT2D eigenvalue weighted by molar-refractivity contribution is 6.13. The third-order valence-corrected chi connectivity index (χ3v) is 8.32. The van der Waals surface area contributed by atoms with Crippen molar-refractivity contribution in [1.82, 2.24) is 29.7 Å². The zero-order valence-corrected chi connectivity index (χ0v) is 24.1. The number of H-pyrrole nitrogens is 1. The van der Waals surface area contributed by atoms with Gasteiger partial charge in [0.25, 0.3) is 17.7 Å². The summed E-state index contributed by atoms with van der Waals surface area (Å²) in [5.41, 5.74) is 4.56. The molecule has 12 heteroatoms. The number of nitrogens with one attached hydrogen (secondary N) is 2. The maximum absolute atomic E-state index is 13.1. The van der Waals surface area contributed by atoms with Crippen LogP contribution < -0.4 is 10.2 Å². The third-order valence-electron chi connectivity index (χ3n) is 8.32. The van der Waals surface area contributed by atoms with Crippen LogP contribution in [0.3, 0.4) is 0 Å². The van der Waals surface area contributed by atoms with Crippen molar-refractivity contribution in [2.45, 2.75) is 25.4 Å². The highest BCUT2D eigenvalue weighted by atomic mass is 16.5. The SMILES string of the molecule is O=C(Nc1ccc(-c2cc3c(N4CCOCC4)ncnc3[nH]2)cc1)c1cc(CN2CCC[C@@H](N3C(=O)C=CC3=O)C2)ccn1. The number of pyridine rings is 1. The summed E-state index contributed by atoms with van der Waals surface area (Å²) in [5, 5.41) is 3.91. The lowest BCUT2D eigenvalue weighted by atomic mass is 10.0. The number of benzene rings is 1. The summed E-state index contributed by atoms with van der Waals surface area (Å²) in [6.45, 7) is 4.99. The molecule has 0 unspecified atom stereocenters. The lowest BCUT2D eigenvalue weighted by Crippen LogP contribution is -2.49. The number of fused-ring (bicyclic) bond motifs is 1. The Bertz CT molecular complexity index is 1730. The summed E-state index contributed by atoms with van der Waals surface area (Å²) in [7, 11) is 0. The molecule has 3 amide bonds. The number of imide groups is 1. The number of nitrogens with zero attached hydrogens (tertiary/aromatic N) is 6. The number of aromatic nitrogens is 4. The van der Waals surface area contributed by atoms with Gasteiger partial charge in [-0.2, -0.15) is 0 Å². The van der Waals surface area contributed by atoms with Gasteiger partial charge >= 0.3 is 0 Å². The molecule has 2 fully saturated rings. The summed E-state index contributed by atoms with van der Waals surface area (Å²) in [6.07, 6.45) is 7.56. The molecular formula is C32H32N8O4. The zero-order valence-electron chi connectivity index (χ0n) is 24.1. The van der Waals surface area contributed by atoms with E-state index in [0.29, 0.717) is 37.7 Å². The van der Waals surface area contributed by atoms with Crippen LogP contribution in [0.15, 0.2) is 67.1 Å². The monoisotopic (exact) mass is 592 g/mol. The Kier molecular flexibility index (Phi) is 7.59. The molecule has 12 nitrogen and oxygen atoms in total. The summed E-state index contributed by atoms with van der Waals surface area (Å²) >= 11 is 0. The Morgan fingerprint density at radius 1 is 0.977 bits per heavy atom. The second-order valence-corrected chi connectivity index (χ2v) is 11.2. The minimum absolute atomic E-state index is 0.143. The summed E-state index contributed by atoms with van der Waals surface area (Å²) in [6, 6.07) is 13.2. The van der Waals surface area contributed by atoms with Crippen LogP contribution in [0.5, 0.6) is 0 Å². The second-order valence-electron chi connectivity index (χ2n) is 11.2. The number of piperidine rings is 1. The first-order valence-corrected chi connectivity index (χ1v) is 14.8. The zero-order chi connectivity index (χ0) is 30.0. The fraction of sp³-hybridized carbons (Fsp3) is 0.312. The van der Waals surface area contributed by atoms with E-state index in [0.717, 1.165) is 66.1 Å². The van der Waals surface area contributed by atoms with E-state index in [2.05, 4.69) is 41.1 Å². The lowest BCUT2D eigenvalue weighted by Gasteiger charge is -2.36. The van der Waals surface area contributed by atoms with Crippen molar-refractivity contribution in [2.75, 3.05) is 49.6 Å². The minimum Gasteiger partial charge on any atom is -0.378 e. The topological polar surface area (TPSA) is 137 Å². The van der Waals surface area contributed by atoms with Crippen molar-refractivity contribution in [2.24, 2.45) is 0 Å². The summed E-state index contributed by atoms with van der Waals surface area (Å²) < 4.78 is 5.49. The van der Waals surface area contributed by atoms with Gasteiger partial charge in [-0.3, -0.25) is 29.2 Å². The largest absolute Gasteiger partial charge is 0.378 e. The molecule has 4 aromatic rings. The predicted molar refractivity (Wildman–Crippen MR) is 164 cm³/mol. The molecule has 0 spiro atoms. The lowest BCUT2D eigenvalue weighted by molar-refractivity contribution is -0.140. The average molecular weight is 593 g/mol. The smallest absolute Gasteiger partial charge is 0.274 e. The molecule has 0 aliphatic carbocycles. The van der Waals surface area contributed by atoms with E-state index in [1.165, 1.54) is 17.1 Å². The van der Waals surface area contributed by atoms with Crippen LogP contribution in [0.1, 0.15) is 28.9 Å². The summed E-state index contributed by atoms with van der Waals surface area (Å²) in [4.78, 5) is 59.8. The van der Waals surface area contributed by atoms with Crippen LogP contribution in [-0.2, 0) is 20.9 Å². The molecule has 2 N–H and O–H groups in total. The number of likely N-dealkylation sites (tertiary alicyclic amines) is 1. The quantitative estimate of drug-likeness (QED) is 0.310. The Morgan fingerprint density at radius 3 is 2.57 bits per heavy atom. The fourth-order valence-electron chi connectivity index (χ4n) is 6.15. The number of carbonyl (C=O) groups is 3. The molecule has 44 heavy (non-hydrogen) atoms. The Labute approximate surface area is 253 Å². The van der Waals surface area contributed by atoms with E-state index in [9.17, 15) is 14.4 Å². The number of anilines is 2. The molecule has 3 aliphatic heterocycles. The van der Waals surface area contributed by atoms with E-state index in [4.69, 9.17) is 4.74 Å². The number of carbonyl (C=O) groups excluding carboxylic acids is 3. The maximum Gasteiger partial charge on any atom is 0.274 e. The number of hydrogen-bond acceptors (Lipinski definition) is 9. The Morgan fingerprint density at radius 2 is 1.77 bits per heavy atom. The van der Waals surface area contributed by atoms with Crippen molar-refractivity contribution in [3.63, 3.8) is 0 Å². The molecular weight excluding hydrogens is 560 g/mol. The van der Waals surface area contributed by atoms with Gasteiger partial charge in [0.15, 0.2) is 0 Å². The van der Waals surface area contributed by atoms with Gasteiger partial charge < -0.3 is 19.9 Å². The highest BCUT2D eigenvalue weighted by Gasteiger charge is 2.34. The van der Waals surface area contributed by atoms with Gasteiger partial charge in [-0.15, -0.1) is 0 Å². The number of hydrogen-bond donors (Lipinski definition) is 2. The van der Waals surface area contributed by atoms with Gasteiger partial charge in [-0.25, -0.2) is 9.97 Å². The van der Waals surface area contributed by atoms with Crippen LogP contribution >= 0.6 is 0 Å². The third kappa shape index (κ3) is 5.69. The van der Waals surface area contributed by atoms with Crippen LogP contribution in [0.2, 0.25) is 0 Å². The molecule has 224 valence electrons. The van der Waals surface area contributed by atoms with Gasteiger partial charge in [0.05, 0.1) is 24.6 Å². The van der Waals surface area contributed by atoms with Crippen molar-refractivity contribution >= 4 is 40.3 Å². The molecule has 1 atom stereocenters. The van der Waals surface area contributed by atoms with E-state index >= 15 is 0 Å².